The van der Waals surface area contributed by atoms with Crippen LogP contribution in [0.5, 0.6) is 0 Å². The van der Waals surface area contributed by atoms with Crippen molar-refractivity contribution in [3.63, 3.8) is 0 Å². The van der Waals surface area contributed by atoms with Gasteiger partial charge in [0.15, 0.2) is 0 Å². The first-order chi connectivity index (χ1) is 6.66. The third kappa shape index (κ3) is 2.51. The zero-order chi connectivity index (χ0) is 10.6. The highest BCUT2D eigenvalue weighted by atomic mass is 19.1. The van der Waals surface area contributed by atoms with Gasteiger partial charge < -0.3 is 5.11 Å². The maximum absolute atomic E-state index is 13.1. The maximum atomic E-state index is 13.1. The predicted octanol–water partition coefficient (Wildman–Crippen LogP) is 3.19. The Morgan fingerprint density at radius 1 is 1.29 bits per heavy atom. The lowest BCUT2D eigenvalue weighted by molar-refractivity contribution is 0.155. The zero-order valence-corrected chi connectivity index (χ0v) is 8.13. The second kappa shape index (κ2) is 5.05. The van der Waals surface area contributed by atoms with Crippen molar-refractivity contribution < 1.29 is 13.9 Å². The summed E-state index contributed by atoms with van der Waals surface area (Å²) in [4.78, 5) is 0. The first-order valence-electron chi connectivity index (χ1n) is 4.78. The fourth-order valence-electron chi connectivity index (χ4n) is 1.37. The van der Waals surface area contributed by atoms with Crippen LogP contribution in [0.2, 0.25) is 0 Å². The second-order valence-corrected chi connectivity index (χ2v) is 3.29. The van der Waals surface area contributed by atoms with E-state index in [1.54, 1.807) is 0 Å². The first kappa shape index (κ1) is 11.1. The molecule has 1 rings (SSSR count). The van der Waals surface area contributed by atoms with Crippen LogP contribution in [0.1, 0.15) is 37.9 Å². The van der Waals surface area contributed by atoms with Crippen LogP contribution in [0.3, 0.4) is 0 Å². The molecular formula is C11H14F2O. The van der Waals surface area contributed by atoms with Gasteiger partial charge in [-0.25, -0.2) is 8.78 Å². The number of hydrogen-bond acceptors (Lipinski definition) is 1. The van der Waals surface area contributed by atoms with E-state index in [-0.39, 0.29) is 5.56 Å². The average Bonchev–Trinajstić information content (AvgIpc) is 2.14. The van der Waals surface area contributed by atoms with Gasteiger partial charge in [-0.3, -0.25) is 0 Å². The summed E-state index contributed by atoms with van der Waals surface area (Å²) in [6.07, 6.45) is 1.02. The zero-order valence-electron chi connectivity index (χ0n) is 8.13. The van der Waals surface area contributed by atoms with Crippen molar-refractivity contribution in [1.82, 2.24) is 0 Å². The van der Waals surface area contributed by atoms with Crippen LogP contribution in [0.25, 0.3) is 0 Å². The minimum Gasteiger partial charge on any atom is -0.388 e. The summed E-state index contributed by atoms with van der Waals surface area (Å²) in [7, 11) is 0. The quantitative estimate of drug-likeness (QED) is 0.791. The molecule has 1 atom stereocenters. The molecule has 0 bridgehead atoms. The number of aliphatic hydroxyl groups is 1. The molecule has 0 saturated heterocycles. The van der Waals surface area contributed by atoms with Crippen molar-refractivity contribution in [1.29, 1.82) is 0 Å². The van der Waals surface area contributed by atoms with E-state index in [0.717, 1.165) is 25.0 Å². The SMILES string of the molecule is CCCCC(O)c1c(F)cccc1F. The summed E-state index contributed by atoms with van der Waals surface area (Å²) >= 11 is 0. The summed E-state index contributed by atoms with van der Waals surface area (Å²) in [5.41, 5.74) is -0.207. The van der Waals surface area contributed by atoms with E-state index < -0.39 is 17.7 Å². The molecule has 14 heavy (non-hydrogen) atoms. The number of benzene rings is 1. The lowest BCUT2D eigenvalue weighted by atomic mass is 10.0. The van der Waals surface area contributed by atoms with Gasteiger partial charge in [0, 0.05) is 0 Å². The molecule has 0 spiro atoms. The number of hydrogen-bond donors (Lipinski definition) is 1. The molecule has 0 amide bonds. The standard InChI is InChI=1S/C11H14F2O/c1-2-3-7-10(14)11-8(12)5-4-6-9(11)13/h4-6,10,14H,2-3,7H2,1H3. The van der Waals surface area contributed by atoms with Crippen molar-refractivity contribution in [2.45, 2.75) is 32.3 Å². The van der Waals surface area contributed by atoms with Gasteiger partial charge in [0.1, 0.15) is 11.6 Å². The lowest BCUT2D eigenvalue weighted by Crippen LogP contribution is -2.03. The van der Waals surface area contributed by atoms with Crippen LogP contribution >= 0.6 is 0 Å². The van der Waals surface area contributed by atoms with Gasteiger partial charge in [-0.15, -0.1) is 0 Å². The number of halogens is 2. The molecule has 0 saturated carbocycles. The van der Waals surface area contributed by atoms with E-state index in [1.165, 1.54) is 6.07 Å². The summed E-state index contributed by atoms with van der Waals surface area (Å²) in [5, 5.41) is 9.53. The fourth-order valence-corrected chi connectivity index (χ4v) is 1.37. The van der Waals surface area contributed by atoms with E-state index in [9.17, 15) is 13.9 Å². The van der Waals surface area contributed by atoms with Crippen molar-refractivity contribution in [2.24, 2.45) is 0 Å². The Hall–Kier alpha value is -0.960. The number of rotatable bonds is 4. The van der Waals surface area contributed by atoms with Crippen LogP contribution < -0.4 is 0 Å². The molecule has 0 fully saturated rings. The maximum Gasteiger partial charge on any atom is 0.131 e. The van der Waals surface area contributed by atoms with Crippen LogP contribution in [-0.2, 0) is 0 Å². The summed E-state index contributed by atoms with van der Waals surface area (Å²) in [6.45, 7) is 1.96. The third-order valence-electron chi connectivity index (χ3n) is 2.16. The normalized spacial score (nSPS) is 12.9. The van der Waals surface area contributed by atoms with Gasteiger partial charge in [0.2, 0.25) is 0 Å². The third-order valence-corrected chi connectivity index (χ3v) is 2.16. The molecule has 78 valence electrons. The number of unbranched alkanes of at least 4 members (excludes halogenated alkanes) is 1. The molecule has 0 aliphatic heterocycles. The molecule has 3 heteroatoms. The summed E-state index contributed by atoms with van der Waals surface area (Å²) in [5.74, 6) is -1.35. The first-order valence-corrected chi connectivity index (χ1v) is 4.78. The molecule has 1 aromatic carbocycles. The van der Waals surface area contributed by atoms with Crippen molar-refractivity contribution in [2.75, 3.05) is 0 Å². The van der Waals surface area contributed by atoms with Gasteiger partial charge in [0.25, 0.3) is 0 Å². The topological polar surface area (TPSA) is 20.2 Å². The molecule has 1 N–H and O–H groups in total. The van der Waals surface area contributed by atoms with E-state index >= 15 is 0 Å². The highest BCUT2D eigenvalue weighted by molar-refractivity contribution is 5.21. The molecule has 1 nitrogen and oxygen atoms in total. The molecule has 0 aromatic heterocycles. The minimum absolute atomic E-state index is 0.207. The van der Waals surface area contributed by atoms with Crippen molar-refractivity contribution in [3.05, 3.63) is 35.4 Å². The molecule has 0 aliphatic rings. The molecule has 1 aromatic rings. The van der Waals surface area contributed by atoms with E-state index in [1.807, 2.05) is 6.92 Å². The Labute approximate surface area is 82.4 Å². The van der Waals surface area contributed by atoms with Crippen molar-refractivity contribution in [3.8, 4) is 0 Å². The van der Waals surface area contributed by atoms with Gasteiger partial charge in [-0.2, -0.15) is 0 Å². The molecule has 0 aliphatic carbocycles. The fraction of sp³-hybridized carbons (Fsp3) is 0.455. The lowest BCUT2D eigenvalue weighted by Gasteiger charge is -2.11. The number of aliphatic hydroxyl groups excluding tert-OH is 1. The Balaban J connectivity index is 2.82. The van der Waals surface area contributed by atoms with E-state index in [0.29, 0.717) is 6.42 Å². The smallest absolute Gasteiger partial charge is 0.131 e. The summed E-state index contributed by atoms with van der Waals surface area (Å²) in [6, 6.07) is 3.61. The van der Waals surface area contributed by atoms with E-state index in [4.69, 9.17) is 0 Å². The average molecular weight is 200 g/mol. The molecular weight excluding hydrogens is 186 g/mol. The van der Waals surface area contributed by atoms with Crippen LogP contribution in [0.15, 0.2) is 18.2 Å². The Bertz CT molecular complexity index is 279. The highest BCUT2D eigenvalue weighted by Gasteiger charge is 2.16. The predicted molar refractivity (Wildman–Crippen MR) is 50.8 cm³/mol. The minimum atomic E-state index is -1.03. The van der Waals surface area contributed by atoms with Crippen LogP contribution in [0, 0.1) is 11.6 Å². The Morgan fingerprint density at radius 2 is 1.86 bits per heavy atom. The van der Waals surface area contributed by atoms with Gasteiger partial charge in [-0.05, 0) is 18.6 Å². The molecule has 1 unspecified atom stereocenters. The largest absolute Gasteiger partial charge is 0.388 e. The van der Waals surface area contributed by atoms with Gasteiger partial charge in [-0.1, -0.05) is 25.8 Å². The van der Waals surface area contributed by atoms with E-state index in [2.05, 4.69) is 0 Å². The van der Waals surface area contributed by atoms with Gasteiger partial charge in [0.05, 0.1) is 11.7 Å². The Morgan fingerprint density at radius 3 is 2.36 bits per heavy atom. The van der Waals surface area contributed by atoms with Gasteiger partial charge >= 0.3 is 0 Å². The molecule has 0 heterocycles. The van der Waals surface area contributed by atoms with Crippen LogP contribution in [0.4, 0.5) is 8.78 Å². The monoisotopic (exact) mass is 200 g/mol. The summed E-state index contributed by atoms with van der Waals surface area (Å²) < 4.78 is 26.3. The highest BCUT2D eigenvalue weighted by Crippen LogP contribution is 2.24. The van der Waals surface area contributed by atoms with Crippen molar-refractivity contribution >= 4 is 0 Å². The van der Waals surface area contributed by atoms with Crippen LogP contribution in [-0.4, -0.2) is 5.11 Å². The Kier molecular flexibility index (Phi) is 4.01. The second-order valence-electron chi connectivity index (χ2n) is 3.29. The molecule has 0 radical (unpaired) electrons.